The van der Waals surface area contributed by atoms with Crippen LogP contribution in [0.4, 0.5) is 0 Å². The predicted molar refractivity (Wildman–Crippen MR) is 68.0 cm³/mol. The van der Waals surface area contributed by atoms with Gasteiger partial charge in [-0.3, -0.25) is 4.79 Å². The van der Waals surface area contributed by atoms with Crippen LogP contribution in [0.1, 0.15) is 37.1 Å². The molecule has 1 saturated heterocycles. The summed E-state index contributed by atoms with van der Waals surface area (Å²) in [6, 6.07) is -0.0779. The van der Waals surface area contributed by atoms with E-state index in [0.717, 1.165) is 30.8 Å². The van der Waals surface area contributed by atoms with Crippen molar-refractivity contribution in [3.05, 3.63) is 17.3 Å². The van der Waals surface area contributed by atoms with E-state index < -0.39 is 0 Å². The molecular formula is C13H21N3O2. The Bertz CT molecular complexity index is 408. The normalized spacial score (nSPS) is 23.9. The zero-order chi connectivity index (χ0) is 13.1. The molecule has 1 aromatic heterocycles. The Kier molecular flexibility index (Phi) is 4.01. The van der Waals surface area contributed by atoms with Crippen LogP contribution in [0, 0.1) is 19.8 Å². The molecule has 0 saturated carbocycles. The zero-order valence-corrected chi connectivity index (χ0v) is 11.2. The second-order valence-electron chi connectivity index (χ2n) is 5.10. The number of hydrogen-bond acceptors (Lipinski definition) is 4. The maximum Gasteiger partial charge on any atom is 0.237 e. The van der Waals surface area contributed by atoms with Crippen LogP contribution in [0.3, 0.4) is 0 Å². The fourth-order valence-corrected chi connectivity index (χ4v) is 2.21. The maximum absolute atomic E-state index is 12.0. The van der Waals surface area contributed by atoms with Crippen molar-refractivity contribution >= 4 is 5.91 Å². The smallest absolute Gasteiger partial charge is 0.237 e. The molecule has 1 aromatic rings. The fraction of sp³-hybridized carbons (Fsp3) is 0.692. The maximum atomic E-state index is 12.0. The number of oxazole rings is 1. The van der Waals surface area contributed by atoms with Crippen molar-refractivity contribution in [2.75, 3.05) is 6.54 Å². The van der Waals surface area contributed by atoms with Gasteiger partial charge in [-0.2, -0.15) is 0 Å². The van der Waals surface area contributed by atoms with Crippen LogP contribution in [-0.2, 0) is 11.3 Å². The summed E-state index contributed by atoms with van der Waals surface area (Å²) < 4.78 is 5.43. The Morgan fingerprint density at radius 1 is 1.56 bits per heavy atom. The van der Waals surface area contributed by atoms with E-state index in [1.54, 1.807) is 0 Å². The number of aryl methyl sites for hydroxylation is 2. The Hall–Kier alpha value is -1.36. The molecule has 18 heavy (non-hydrogen) atoms. The second kappa shape index (κ2) is 5.52. The van der Waals surface area contributed by atoms with Gasteiger partial charge in [0.15, 0.2) is 0 Å². The SMILES string of the molecule is Cc1nc(CNC(=O)C2CC(C)CCN2)oc1C. The lowest BCUT2D eigenvalue weighted by Crippen LogP contribution is -2.48. The molecule has 0 aliphatic carbocycles. The molecular weight excluding hydrogens is 230 g/mol. The molecule has 2 heterocycles. The van der Waals surface area contributed by atoms with Crippen molar-refractivity contribution in [2.24, 2.45) is 5.92 Å². The molecule has 1 aliphatic heterocycles. The third kappa shape index (κ3) is 3.10. The molecule has 1 aliphatic rings. The molecule has 2 atom stereocenters. The van der Waals surface area contributed by atoms with E-state index in [2.05, 4.69) is 22.5 Å². The predicted octanol–water partition coefficient (Wildman–Crippen LogP) is 1.30. The number of hydrogen-bond donors (Lipinski definition) is 2. The van der Waals surface area contributed by atoms with Gasteiger partial charge in [0.25, 0.3) is 0 Å². The summed E-state index contributed by atoms with van der Waals surface area (Å²) in [5.41, 5.74) is 0.878. The van der Waals surface area contributed by atoms with Crippen molar-refractivity contribution in [3.8, 4) is 0 Å². The number of aromatic nitrogens is 1. The van der Waals surface area contributed by atoms with Crippen LogP contribution in [0.2, 0.25) is 0 Å². The quantitative estimate of drug-likeness (QED) is 0.849. The molecule has 5 nitrogen and oxygen atoms in total. The molecule has 100 valence electrons. The van der Waals surface area contributed by atoms with Gasteiger partial charge in [-0.25, -0.2) is 4.98 Å². The largest absolute Gasteiger partial charge is 0.444 e. The van der Waals surface area contributed by atoms with Gasteiger partial charge in [0.2, 0.25) is 11.8 Å². The van der Waals surface area contributed by atoms with E-state index in [4.69, 9.17) is 4.42 Å². The van der Waals surface area contributed by atoms with Crippen LogP contribution in [0.5, 0.6) is 0 Å². The minimum absolute atomic E-state index is 0.0371. The van der Waals surface area contributed by atoms with Gasteiger partial charge in [0.05, 0.1) is 18.3 Å². The van der Waals surface area contributed by atoms with Gasteiger partial charge in [0, 0.05) is 0 Å². The van der Waals surface area contributed by atoms with Gasteiger partial charge in [-0.05, 0) is 39.2 Å². The van der Waals surface area contributed by atoms with Gasteiger partial charge in [-0.15, -0.1) is 0 Å². The first kappa shape index (κ1) is 13.1. The van der Waals surface area contributed by atoms with E-state index in [-0.39, 0.29) is 11.9 Å². The van der Waals surface area contributed by atoms with Crippen molar-refractivity contribution in [2.45, 2.75) is 46.2 Å². The number of nitrogens with one attached hydrogen (secondary N) is 2. The first-order chi connectivity index (χ1) is 8.56. The Morgan fingerprint density at radius 2 is 2.33 bits per heavy atom. The first-order valence-corrected chi connectivity index (χ1v) is 6.50. The number of piperidine rings is 1. The van der Waals surface area contributed by atoms with E-state index in [9.17, 15) is 4.79 Å². The number of carbonyl (C=O) groups is 1. The summed E-state index contributed by atoms with van der Waals surface area (Å²) in [6.07, 6.45) is 2.04. The summed E-state index contributed by atoms with van der Waals surface area (Å²) in [5, 5.41) is 6.11. The number of carbonyl (C=O) groups excluding carboxylic acids is 1. The van der Waals surface area contributed by atoms with Crippen molar-refractivity contribution < 1.29 is 9.21 Å². The average molecular weight is 251 g/mol. The molecule has 0 spiro atoms. The summed E-state index contributed by atoms with van der Waals surface area (Å²) >= 11 is 0. The van der Waals surface area contributed by atoms with Crippen LogP contribution in [0.15, 0.2) is 4.42 Å². The summed E-state index contributed by atoms with van der Waals surface area (Å²) in [4.78, 5) is 16.2. The lowest BCUT2D eigenvalue weighted by molar-refractivity contribution is -0.124. The summed E-state index contributed by atoms with van der Waals surface area (Å²) in [5.74, 6) is 2.02. The molecule has 2 N–H and O–H groups in total. The van der Waals surface area contributed by atoms with Gasteiger partial charge < -0.3 is 15.1 Å². The van der Waals surface area contributed by atoms with E-state index >= 15 is 0 Å². The second-order valence-corrected chi connectivity index (χ2v) is 5.10. The fourth-order valence-electron chi connectivity index (χ4n) is 2.21. The van der Waals surface area contributed by atoms with Crippen LogP contribution in [0.25, 0.3) is 0 Å². The molecule has 1 amide bonds. The molecule has 1 fully saturated rings. The Morgan fingerprint density at radius 3 is 2.94 bits per heavy atom. The first-order valence-electron chi connectivity index (χ1n) is 6.50. The van der Waals surface area contributed by atoms with E-state index in [1.807, 2.05) is 13.8 Å². The summed E-state index contributed by atoms with van der Waals surface area (Å²) in [7, 11) is 0. The highest BCUT2D eigenvalue weighted by molar-refractivity contribution is 5.81. The van der Waals surface area contributed by atoms with Crippen LogP contribution < -0.4 is 10.6 Å². The minimum Gasteiger partial charge on any atom is -0.444 e. The van der Waals surface area contributed by atoms with Crippen molar-refractivity contribution in [1.82, 2.24) is 15.6 Å². The van der Waals surface area contributed by atoms with Gasteiger partial charge in [-0.1, -0.05) is 6.92 Å². The highest BCUT2D eigenvalue weighted by atomic mass is 16.4. The lowest BCUT2D eigenvalue weighted by atomic mass is 9.94. The highest BCUT2D eigenvalue weighted by Gasteiger charge is 2.24. The van der Waals surface area contributed by atoms with Gasteiger partial charge >= 0.3 is 0 Å². The van der Waals surface area contributed by atoms with Crippen molar-refractivity contribution in [3.63, 3.8) is 0 Å². The molecule has 0 aromatic carbocycles. The topological polar surface area (TPSA) is 67.2 Å². The van der Waals surface area contributed by atoms with E-state index in [1.165, 1.54) is 0 Å². The zero-order valence-electron chi connectivity index (χ0n) is 11.2. The van der Waals surface area contributed by atoms with Gasteiger partial charge in [0.1, 0.15) is 5.76 Å². The number of amides is 1. The molecule has 5 heteroatoms. The third-order valence-electron chi connectivity index (χ3n) is 3.47. The molecule has 2 rings (SSSR count). The highest BCUT2D eigenvalue weighted by Crippen LogP contribution is 2.15. The molecule has 0 radical (unpaired) electrons. The van der Waals surface area contributed by atoms with Crippen molar-refractivity contribution in [1.29, 1.82) is 0 Å². The standard InChI is InChI=1S/C13H21N3O2/c1-8-4-5-14-11(6-8)13(17)15-7-12-16-9(2)10(3)18-12/h8,11,14H,4-7H2,1-3H3,(H,15,17). The van der Waals surface area contributed by atoms with Crippen LogP contribution >= 0.6 is 0 Å². The summed E-state index contributed by atoms with van der Waals surface area (Å²) in [6.45, 7) is 7.23. The Labute approximate surface area is 107 Å². The Balaban J connectivity index is 1.84. The van der Waals surface area contributed by atoms with Crippen LogP contribution in [-0.4, -0.2) is 23.5 Å². The monoisotopic (exact) mass is 251 g/mol. The average Bonchev–Trinajstić information content (AvgIpc) is 2.66. The minimum atomic E-state index is -0.0779. The number of nitrogens with zero attached hydrogens (tertiary/aromatic N) is 1. The third-order valence-corrected chi connectivity index (χ3v) is 3.47. The van der Waals surface area contributed by atoms with E-state index in [0.29, 0.717) is 18.4 Å². The molecule has 0 bridgehead atoms. The number of rotatable bonds is 3. The lowest BCUT2D eigenvalue weighted by Gasteiger charge is -2.26. The molecule has 2 unspecified atom stereocenters.